The fraction of sp³-hybridized carbons (Fsp3) is 0.455. The van der Waals surface area contributed by atoms with Gasteiger partial charge in [0, 0.05) is 18.8 Å². The van der Waals surface area contributed by atoms with Crippen LogP contribution in [0.15, 0.2) is 24.5 Å². The summed E-state index contributed by atoms with van der Waals surface area (Å²) >= 11 is 0. The molecule has 0 saturated carbocycles. The summed E-state index contributed by atoms with van der Waals surface area (Å²) in [6.07, 6.45) is 5.55. The minimum Gasteiger partial charge on any atom is -0.480 e. The average Bonchev–Trinajstić information content (AvgIpc) is 2.69. The topological polar surface area (TPSA) is 62.2 Å². The number of rotatable bonds is 3. The molecular weight excluding hydrogens is 192 g/mol. The van der Waals surface area contributed by atoms with E-state index in [1.165, 1.54) is 0 Å². The van der Waals surface area contributed by atoms with Crippen LogP contribution in [0.1, 0.15) is 18.4 Å². The van der Waals surface area contributed by atoms with Crippen LogP contribution in [0.25, 0.3) is 0 Å². The third-order valence-corrected chi connectivity index (χ3v) is 2.88. The second kappa shape index (κ2) is 3.98. The number of carboxylic acids is 1. The quantitative estimate of drug-likeness (QED) is 0.769. The molecule has 1 unspecified atom stereocenters. The van der Waals surface area contributed by atoms with Gasteiger partial charge in [0.05, 0.1) is 0 Å². The van der Waals surface area contributed by atoms with Gasteiger partial charge in [0.25, 0.3) is 0 Å². The summed E-state index contributed by atoms with van der Waals surface area (Å²) < 4.78 is 0. The minimum atomic E-state index is -0.775. The molecule has 0 aliphatic carbocycles. The fourth-order valence-corrected chi connectivity index (χ4v) is 2.07. The van der Waals surface area contributed by atoms with E-state index in [1.54, 1.807) is 12.4 Å². The first-order chi connectivity index (χ1) is 7.23. The van der Waals surface area contributed by atoms with Gasteiger partial charge in [0.15, 0.2) is 0 Å². The third kappa shape index (κ3) is 1.99. The molecule has 2 rings (SSSR count). The van der Waals surface area contributed by atoms with E-state index in [0.29, 0.717) is 12.8 Å². The van der Waals surface area contributed by atoms with Crippen LogP contribution in [0, 0.1) is 0 Å². The number of carboxylic acid groups (broad SMARTS) is 1. The molecule has 4 heteroatoms. The van der Waals surface area contributed by atoms with Crippen molar-refractivity contribution in [2.24, 2.45) is 0 Å². The summed E-state index contributed by atoms with van der Waals surface area (Å²) in [5, 5.41) is 12.3. The SMILES string of the molecule is O=C(O)C1(Cc2cccnc2)CCCN1. The van der Waals surface area contributed by atoms with Gasteiger partial charge in [-0.2, -0.15) is 0 Å². The second-order valence-electron chi connectivity index (χ2n) is 3.96. The molecule has 1 atom stereocenters. The molecular formula is C11H14N2O2. The van der Waals surface area contributed by atoms with E-state index in [4.69, 9.17) is 0 Å². The van der Waals surface area contributed by atoms with E-state index in [0.717, 1.165) is 18.5 Å². The number of hydrogen-bond donors (Lipinski definition) is 2. The molecule has 0 amide bonds. The second-order valence-corrected chi connectivity index (χ2v) is 3.96. The van der Waals surface area contributed by atoms with Gasteiger partial charge in [-0.15, -0.1) is 0 Å². The van der Waals surface area contributed by atoms with Crippen LogP contribution in [0.2, 0.25) is 0 Å². The summed E-state index contributed by atoms with van der Waals surface area (Å²) in [4.78, 5) is 15.2. The van der Waals surface area contributed by atoms with Crippen molar-refractivity contribution in [2.75, 3.05) is 6.54 Å². The van der Waals surface area contributed by atoms with Crippen LogP contribution >= 0.6 is 0 Å². The van der Waals surface area contributed by atoms with Crippen molar-refractivity contribution in [1.82, 2.24) is 10.3 Å². The zero-order valence-electron chi connectivity index (χ0n) is 8.44. The fourth-order valence-electron chi connectivity index (χ4n) is 2.07. The van der Waals surface area contributed by atoms with Crippen molar-refractivity contribution in [2.45, 2.75) is 24.8 Å². The molecule has 2 heterocycles. The molecule has 2 N–H and O–H groups in total. The minimum absolute atomic E-state index is 0.510. The van der Waals surface area contributed by atoms with Gasteiger partial charge in [-0.25, -0.2) is 0 Å². The zero-order chi connectivity index (χ0) is 10.7. The first-order valence-corrected chi connectivity index (χ1v) is 5.10. The highest BCUT2D eigenvalue weighted by Crippen LogP contribution is 2.24. The first kappa shape index (κ1) is 10.1. The van der Waals surface area contributed by atoms with E-state index in [-0.39, 0.29) is 0 Å². The Bertz CT molecular complexity index is 345. The highest BCUT2D eigenvalue weighted by molar-refractivity contribution is 5.79. The largest absolute Gasteiger partial charge is 0.480 e. The summed E-state index contributed by atoms with van der Waals surface area (Å²) in [5.74, 6) is -0.760. The molecule has 0 bridgehead atoms. The lowest BCUT2D eigenvalue weighted by Gasteiger charge is -2.24. The molecule has 1 aromatic heterocycles. The van der Waals surface area contributed by atoms with E-state index in [1.807, 2.05) is 12.1 Å². The van der Waals surface area contributed by atoms with Crippen LogP contribution in [0.4, 0.5) is 0 Å². The van der Waals surface area contributed by atoms with Gasteiger partial charge in [0.2, 0.25) is 0 Å². The van der Waals surface area contributed by atoms with Crippen molar-refractivity contribution >= 4 is 5.97 Å². The number of aromatic nitrogens is 1. The molecule has 4 nitrogen and oxygen atoms in total. The van der Waals surface area contributed by atoms with E-state index in [2.05, 4.69) is 10.3 Å². The van der Waals surface area contributed by atoms with Crippen molar-refractivity contribution in [3.63, 3.8) is 0 Å². The van der Waals surface area contributed by atoms with Gasteiger partial charge in [-0.3, -0.25) is 9.78 Å². The molecule has 15 heavy (non-hydrogen) atoms. The monoisotopic (exact) mass is 206 g/mol. The Balaban J connectivity index is 2.18. The van der Waals surface area contributed by atoms with Crippen molar-refractivity contribution in [3.05, 3.63) is 30.1 Å². The number of carbonyl (C=O) groups is 1. The van der Waals surface area contributed by atoms with Gasteiger partial charge in [0.1, 0.15) is 5.54 Å². The predicted molar refractivity (Wildman–Crippen MR) is 55.5 cm³/mol. The van der Waals surface area contributed by atoms with E-state index in [9.17, 15) is 9.90 Å². The molecule has 1 fully saturated rings. The standard InChI is InChI=1S/C11H14N2O2/c14-10(15)11(4-2-6-13-11)7-9-3-1-5-12-8-9/h1,3,5,8,13H,2,4,6-7H2,(H,14,15). The molecule has 1 aromatic rings. The highest BCUT2D eigenvalue weighted by atomic mass is 16.4. The van der Waals surface area contributed by atoms with Crippen LogP contribution in [0.3, 0.4) is 0 Å². The Hall–Kier alpha value is -1.42. The van der Waals surface area contributed by atoms with Gasteiger partial charge in [-0.05, 0) is 31.0 Å². The lowest BCUT2D eigenvalue weighted by molar-refractivity contribution is -0.144. The third-order valence-electron chi connectivity index (χ3n) is 2.88. The van der Waals surface area contributed by atoms with Crippen molar-refractivity contribution < 1.29 is 9.90 Å². The van der Waals surface area contributed by atoms with Gasteiger partial charge >= 0.3 is 5.97 Å². The highest BCUT2D eigenvalue weighted by Gasteiger charge is 2.40. The summed E-state index contributed by atoms with van der Waals surface area (Å²) in [6.45, 7) is 0.784. The molecule has 0 radical (unpaired) electrons. The van der Waals surface area contributed by atoms with Crippen LogP contribution in [-0.4, -0.2) is 28.1 Å². The maximum absolute atomic E-state index is 11.2. The summed E-state index contributed by atoms with van der Waals surface area (Å²) in [6, 6.07) is 3.75. The van der Waals surface area contributed by atoms with Crippen LogP contribution in [0.5, 0.6) is 0 Å². The van der Waals surface area contributed by atoms with Crippen molar-refractivity contribution in [1.29, 1.82) is 0 Å². The zero-order valence-corrected chi connectivity index (χ0v) is 8.44. The van der Waals surface area contributed by atoms with E-state index >= 15 is 0 Å². The molecule has 1 aliphatic rings. The van der Waals surface area contributed by atoms with Gasteiger partial charge in [-0.1, -0.05) is 6.07 Å². The number of hydrogen-bond acceptors (Lipinski definition) is 3. The lowest BCUT2D eigenvalue weighted by atomic mass is 9.90. The number of pyridine rings is 1. The number of aliphatic carboxylic acids is 1. The Labute approximate surface area is 88.3 Å². The molecule has 0 aromatic carbocycles. The van der Waals surface area contributed by atoms with Crippen LogP contribution < -0.4 is 5.32 Å². The maximum Gasteiger partial charge on any atom is 0.324 e. The Morgan fingerprint density at radius 1 is 1.67 bits per heavy atom. The Morgan fingerprint density at radius 2 is 2.53 bits per heavy atom. The number of nitrogens with one attached hydrogen (secondary N) is 1. The summed E-state index contributed by atoms with van der Waals surface area (Å²) in [7, 11) is 0. The predicted octanol–water partition coefficient (Wildman–Crippen LogP) is 0.831. The van der Waals surface area contributed by atoms with E-state index < -0.39 is 11.5 Å². The first-order valence-electron chi connectivity index (χ1n) is 5.10. The smallest absolute Gasteiger partial charge is 0.324 e. The van der Waals surface area contributed by atoms with Crippen LogP contribution in [-0.2, 0) is 11.2 Å². The molecule has 80 valence electrons. The molecule has 0 spiro atoms. The van der Waals surface area contributed by atoms with Gasteiger partial charge < -0.3 is 10.4 Å². The lowest BCUT2D eigenvalue weighted by Crippen LogP contribution is -2.49. The van der Waals surface area contributed by atoms with Crippen molar-refractivity contribution in [3.8, 4) is 0 Å². The maximum atomic E-state index is 11.2. The normalized spacial score (nSPS) is 25.3. The Kier molecular flexibility index (Phi) is 2.68. The Morgan fingerprint density at radius 3 is 3.07 bits per heavy atom. The number of nitrogens with zero attached hydrogens (tertiary/aromatic N) is 1. The molecule has 1 saturated heterocycles. The molecule has 1 aliphatic heterocycles. The average molecular weight is 206 g/mol. The summed E-state index contributed by atoms with van der Waals surface area (Å²) in [5.41, 5.74) is 0.192.